The molecule has 3 rings (SSSR count). The van der Waals surface area contributed by atoms with Crippen LogP contribution in [0.1, 0.15) is 11.1 Å². The van der Waals surface area contributed by atoms with Crippen molar-refractivity contribution in [2.24, 2.45) is 5.16 Å². The molecule has 24 heavy (non-hydrogen) atoms. The van der Waals surface area contributed by atoms with E-state index in [4.69, 9.17) is 4.84 Å². The van der Waals surface area contributed by atoms with Crippen molar-refractivity contribution in [1.29, 1.82) is 0 Å². The summed E-state index contributed by atoms with van der Waals surface area (Å²) < 4.78 is 0. The van der Waals surface area contributed by atoms with Gasteiger partial charge in [-0.15, -0.1) is 0 Å². The monoisotopic (exact) mass is 325 g/mol. The molecule has 0 unspecified atom stereocenters. The number of nitro benzene ring substituents is 1. The van der Waals surface area contributed by atoms with Crippen molar-refractivity contribution in [3.05, 3.63) is 69.8 Å². The topological polar surface area (TPSA) is 85.0 Å². The van der Waals surface area contributed by atoms with Gasteiger partial charge in [-0.2, -0.15) is 0 Å². The number of para-hydroxylation sites is 1. The molecule has 1 amide bonds. The number of carbonyl (C=O) groups is 1. The van der Waals surface area contributed by atoms with Crippen LogP contribution >= 0.6 is 0 Å². The van der Waals surface area contributed by atoms with Crippen LogP contribution in [0.4, 0.5) is 11.4 Å². The van der Waals surface area contributed by atoms with Gasteiger partial charge in [0.1, 0.15) is 0 Å². The van der Waals surface area contributed by atoms with Gasteiger partial charge in [0, 0.05) is 29.9 Å². The summed E-state index contributed by atoms with van der Waals surface area (Å²) in [5.74, 6) is -0.170. The van der Waals surface area contributed by atoms with E-state index in [1.165, 1.54) is 18.3 Å². The zero-order chi connectivity index (χ0) is 16.9. The number of amides is 1. The molecule has 0 N–H and O–H groups in total. The van der Waals surface area contributed by atoms with E-state index in [1.54, 1.807) is 17.0 Å². The minimum absolute atomic E-state index is 0.0244. The predicted octanol–water partition coefficient (Wildman–Crippen LogP) is 2.53. The molecule has 122 valence electrons. The number of fused-ring (bicyclic) bond motifs is 1. The van der Waals surface area contributed by atoms with Gasteiger partial charge >= 0.3 is 0 Å². The number of benzene rings is 2. The molecule has 0 aliphatic carbocycles. The molecule has 0 saturated carbocycles. The smallest absolute Gasteiger partial charge is 0.270 e. The van der Waals surface area contributed by atoms with Crippen LogP contribution in [-0.4, -0.2) is 30.2 Å². The quantitative estimate of drug-likeness (QED) is 0.480. The van der Waals surface area contributed by atoms with Crippen molar-refractivity contribution in [2.75, 3.05) is 18.1 Å². The maximum absolute atomic E-state index is 12.2. The molecule has 2 aromatic carbocycles. The van der Waals surface area contributed by atoms with Crippen LogP contribution < -0.4 is 4.90 Å². The van der Waals surface area contributed by atoms with E-state index in [-0.39, 0.29) is 18.2 Å². The van der Waals surface area contributed by atoms with E-state index >= 15 is 0 Å². The first-order valence-corrected chi connectivity index (χ1v) is 7.43. The highest BCUT2D eigenvalue weighted by molar-refractivity contribution is 5.96. The molecule has 0 bridgehead atoms. The molecule has 0 radical (unpaired) electrons. The lowest BCUT2D eigenvalue weighted by Crippen LogP contribution is -2.31. The van der Waals surface area contributed by atoms with Crippen LogP contribution in [-0.2, 0) is 16.1 Å². The first-order chi connectivity index (χ1) is 11.6. The third kappa shape index (κ3) is 3.40. The molecule has 1 heterocycles. The number of hydrogen-bond donors (Lipinski definition) is 0. The number of anilines is 1. The van der Waals surface area contributed by atoms with E-state index in [9.17, 15) is 14.9 Å². The maximum atomic E-state index is 12.2. The lowest BCUT2D eigenvalue weighted by molar-refractivity contribution is -0.384. The maximum Gasteiger partial charge on any atom is 0.270 e. The third-order valence-corrected chi connectivity index (χ3v) is 3.73. The number of oxime groups is 1. The summed E-state index contributed by atoms with van der Waals surface area (Å²) in [6, 6.07) is 13.8. The second-order valence-electron chi connectivity index (χ2n) is 5.28. The standard InChI is InChI=1S/C17H15N3O4/c21-17(19-9-8-14-5-1-2-7-16(14)19)12-24-18-11-13-4-3-6-15(10-13)20(22)23/h1-7,10-11H,8-9,12H2/b18-11+. The number of rotatable bonds is 5. The zero-order valence-electron chi connectivity index (χ0n) is 12.8. The Kier molecular flexibility index (Phi) is 4.51. The summed E-state index contributed by atoms with van der Waals surface area (Å²) in [6.45, 7) is 0.454. The van der Waals surface area contributed by atoms with Crippen LogP contribution in [0.2, 0.25) is 0 Å². The second-order valence-corrected chi connectivity index (χ2v) is 5.28. The fraction of sp³-hybridized carbons (Fsp3) is 0.176. The summed E-state index contributed by atoms with van der Waals surface area (Å²) in [6.07, 6.45) is 2.18. The van der Waals surface area contributed by atoms with Gasteiger partial charge in [0.25, 0.3) is 11.6 Å². The van der Waals surface area contributed by atoms with Crippen molar-refractivity contribution in [1.82, 2.24) is 0 Å². The van der Waals surface area contributed by atoms with Crippen LogP contribution in [0.25, 0.3) is 0 Å². The highest BCUT2D eigenvalue weighted by Gasteiger charge is 2.24. The number of nitro groups is 1. The summed E-state index contributed by atoms with van der Waals surface area (Å²) in [4.78, 5) is 29.1. The van der Waals surface area contributed by atoms with Gasteiger partial charge in [-0.25, -0.2) is 0 Å². The van der Waals surface area contributed by atoms with E-state index < -0.39 is 4.92 Å². The normalized spacial score (nSPS) is 13.1. The molecular weight excluding hydrogens is 310 g/mol. The van der Waals surface area contributed by atoms with Crippen LogP contribution in [0.5, 0.6) is 0 Å². The highest BCUT2D eigenvalue weighted by atomic mass is 16.6. The Balaban J connectivity index is 1.56. The first-order valence-electron chi connectivity index (χ1n) is 7.43. The average Bonchev–Trinajstić information content (AvgIpc) is 3.03. The molecule has 0 spiro atoms. The van der Waals surface area contributed by atoms with E-state index in [1.807, 2.05) is 24.3 Å². The number of carbonyl (C=O) groups excluding carboxylic acids is 1. The largest absolute Gasteiger partial charge is 0.386 e. The molecule has 0 fully saturated rings. The van der Waals surface area contributed by atoms with Crippen molar-refractivity contribution in [3.63, 3.8) is 0 Å². The number of hydrogen-bond acceptors (Lipinski definition) is 5. The molecule has 1 aliphatic rings. The average molecular weight is 325 g/mol. The molecule has 0 aromatic heterocycles. The van der Waals surface area contributed by atoms with E-state index in [2.05, 4.69) is 5.16 Å². The van der Waals surface area contributed by atoms with Gasteiger partial charge in [0.2, 0.25) is 0 Å². The highest BCUT2D eigenvalue weighted by Crippen LogP contribution is 2.27. The Labute approximate surface area is 138 Å². The van der Waals surface area contributed by atoms with E-state index in [0.717, 1.165) is 17.7 Å². The number of nitrogens with zero attached hydrogens (tertiary/aromatic N) is 3. The van der Waals surface area contributed by atoms with Crippen LogP contribution in [0, 0.1) is 10.1 Å². The molecular formula is C17H15N3O4. The first kappa shape index (κ1) is 15.7. The van der Waals surface area contributed by atoms with Gasteiger partial charge < -0.3 is 9.74 Å². The summed E-state index contributed by atoms with van der Waals surface area (Å²) in [7, 11) is 0. The SMILES string of the molecule is O=C(CO/N=C/c1cccc([N+](=O)[O-])c1)N1CCc2ccccc21. The fourth-order valence-electron chi connectivity index (χ4n) is 2.58. The lowest BCUT2D eigenvalue weighted by Gasteiger charge is -2.16. The molecule has 1 aliphatic heterocycles. The molecule has 0 atom stereocenters. The fourth-order valence-corrected chi connectivity index (χ4v) is 2.58. The molecule has 7 nitrogen and oxygen atoms in total. The Morgan fingerprint density at radius 1 is 1.29 bits per heavy atom. The minimum atomic E-state index is -0.480. The molecule has 2 aromatic rings. The minimum Gasteiger partial charge on any atom is -0.386 e. The van der Waals surface area contributed by atoms with Gasteiger partial charge in [0.05, 0.1) is 11.1 Å². The Morgan fingerprint density at radius 2 is 2.12 bits per heavy atom. The molecule has 0 saturated heterocycles. The third-order valence-electron chi connectivity index (χ3n) is 3.73. The predicted molar refractivity (Wildman–Crippen MR) is 89.1 cm³/mol. The van der Waals surface area contributed by atoms with Crippen molar-refractivity contribution in [2.45, 2.75) is 6.42 Å². The summed E-state index contributed by atoms with van der Waals surface area (Å²) in [5.41, 5.74) is 2.56. The Morgan fingerprint density at radius 3 is 2.96 bits per heavy atom. The van der Waals surface area contributed by atoms with E-state index in [0.29, 0.717) is 12.1 Å². The Bertz CT molecular complexity index is 804. The Hall–Kier alpha value is -3.22. The second kappa shape index (κ2) is 6.91. The van der Waals surface area contributed by atoms with Crippen molar-refractivity contribution >= 4 is 23.5 Å². The van der Waals surface area contributed by atoms with Gasteiger partial charge in [0.15, 0.2) is 6.61 Å². The summed E-state index contributed by atoms with van der Waals surface area (Å²) >= 11 is 0. The van der Waals surface area contributed by atoms with Crippen LogP contribution in [0.3, 0.4) is 0 Å². The summed E-state index contributed by atoms with van der Waals surface area (Å²) in [5, 5.41) is 14.4. The van der Waals surface area contributed by atoms with Crippen LogP contribution in [0.15, 0.2) is 53.7 Å². The lowest BCUT2D eigenvalue weighted by atomic mass is 10.2. The number of non-ortho nitro benzene ring substituents is 1. The zero-order valence-corrected chi connectivity index (χ0v) is 12.8. The van der Waals surface area contributed by atoms with Crippen molar-refractivity contribution in [3.8, 4) is 0 Å². The van der Waals surface area contributed by atoms with Gasteiger partial charge in [-0.1, -0.05) is 35.5 Å². The molecule has 7 heteroatoms. The van der Waals surface area contributed by atoms with Crippen molar-refractivity contribution < 1.29 is 14.6 Å². The van der Waals surface area contributed by atoms with Gasteiger partial charge in [-0.05, 0) is 18.1 Å². The van der Waals surface area contributed by atoms with Gasteiger partial charge in [-0.3, -0.25) is 14.9 Å².